The number of aromatic nitrogens is 3. The Hall–Kier alpha value is -2.90. The SMILES string of the molecule is CC(C)(C)[O-].Cc1ccc(N2CCC[C@H](N(Cc3ccnc(C)c3)Cc3cn(C4CC4)c4cc(N5CCOC(CO)C5)c(F)cc4c3=O)C2)cn1.[Na+]. The van der Waals surface area contributed by atoms with Gasteiger partial charge in [-0.1, -0.05) is 20.8 Å². The average molecular weight is 723 g/mol. The van der Waals surface area contributed by atoms with E-state index in [9.17, 15) is 15.0 Å². The fraction of sp³-hybridized carbons (Fsp3) is 0.525. The van der Waals surface area contributed by atoms with Crippen molar-refractivity contribution >= 4 is 22.3 Å². The number of fused-ring (bicyclic) bond motifs is 1. The third-order valence-corrected chi connectivity index (χ3v) is 9.69. The third-order valence-electron chi connectivity index (χ3n) is 9.69. The third kappa shape index (κ3) is 10.4. The summed E-state index contributed by atoms with van der Waals surface area (Å²) in [6.45, 7) is 13.1. The molecule has 5 heterocycles. The maximum atomic E-state index is 15.8. The van der Waals surface area contributed by atoms with Crippen molar-refractivity contribution in [3.05, 3.63) is 93.5 Å². The fourth-order valence-corrected chi connectivity index (χ4v) is 7.08. The summed E-state index contributed by atoms with van der Waals surface area (Å²) < 4.78 is 23.6. The van der Waals surface area contributed by atoms with E-state index in [1.54, 1.807) is 20.8 Å². The summed E-state index contributed by atoms with van der Waals surface area (Å²) in [5, 5.41) is 20.2. The number of hydrogen-bond acceptors (Lipinski definition) is 9. The van der Waals surface area contributed by atoms with Gasteiger partial charge in [0.25, 0.3) is 0 Å². The number of hydrogen-bond donors (Lipinski definition) is 1. The Morgan fingerprint density at radius 3 is 2.44 bits per heavy atom. The summed E-state index contributed by atoms with van der Waals surface area (Å²) >= 11 is 0. The molecule has 10 nitrogen and oxygen atoms in total. The normalized spacial score (nSPS) is 19.3. The van der Waals surface area contributed by atoms with Crippen LogP contribution < -0.4 is 49.9 Å². The molecular formula is C40H52FN6NaO4. The summed E-state index contributed by atoms with van der Waals surface area (Å²) in [7, 11) is 0. The zero-order valence-electron chi connectivity index (χ0n) is 31.6. The summed E-state index contributed by atoms with van der Waals surface area (Å²) in [6, 6.07) is 12.1. The summed E-state index contributed by atoms with van der Waals surface area (Å²) in [6.07, 6.45) is 9.63. The van der Waals surface area contributed by atoms with Crippen molar-refractivity contribution < 1.29 is 48.9 Å². The Morgan fingerprint density at radius 2 is 1.77 bits per heavy atom. The molecule has 4 aromatic rings. The molecule has 274 valence electrons. The van der Waals surface area contributed by atoms with Gasteiger partial charge in [0.1, 0.15) is 5.82 Å². The fourth-order valence-electron chi connectivity index (χ4n) is 7.08. The number of halogens is 1. The second-order valence-electron chi connectivity index (χ2n) is 15.3. The number of nitrogens with zero attached hydrogens (tertiary/aromatic N) is 6. The molecule has 0 radical (unpaired) electrons. The molecule has 2 atom stereocenters. The van der Waals surface area contributed by atoms with Gasteiger partial charge in [0.15, 0.2) is 5.43 Å². The molecule has 1 saturated carbocycles. The Morgan fingerprint density at radius 1 is 1.00 bits per heavy atom. The van der Waals surface area contributed by atoms with E-state index in [0.717, 1.165) is 66.9 Å². The van der Waals surface area contributed by atoms with Crippen LogP contribution in [0.25, 0.3) is 10.9 Å². The Balaban J connectivity index is 0.000000817. The zero-order valence-corrected chi connectivity index (χ0v) is 33.6. The minimum absolute atomic E-state index is 0. The van der Waals surface area contributed by atoms with Crippen LogP contribution in [-0.4, -0.2) is 81.7 Å². The van der Waals surface area contributed by atoms with E-state index in [1.807, 2.05) is 43.4 Å². The predicted molar refractivity (Wildman–Crippen MR) is 198 cm³/mol. The molecule has 3 aliphatic rings. The van der Waals surface area contributed by atoms with Gasteiger partial charge in [-0.15, -0.1) is 5.60 Å². The van der Waals surface area contributed by atoms with Crippen LogP contribution in [0.2, 0.25) is 0 Å². The van der Waals surface area contributed by atoms with Gasteiger partial charge in [0.05, 0.1) is 42.4 Å². The maximum Gasteiger partial charge on any atom is 1.00 e. The largest absolute Gasteiger partial charge is 1.00 e. The number of pyridine rings is 3. The first-order chi connectivity index (χ1) is 24.4. The Bertz CT molecular complexity index is 1860. The minimum atomic E-state index is -0.750. The van der Waals surface area contributed by atoms with E-state index >= 15 is 4.39 Å². The van der Waals surface area contributed by atoms with Crippen molar-refractivity contribution in [2.75, 3.05) is 49.2 Å². The number of aliphatic hydroxyl groups excluding tert-OH is 1. The maximum absolute atomic E-state index is 15.8. The number of piperidine rings is 1. The van der Waals surface area contributed by atoms with Crippen molar-refractivity contribution in [1.82, 2.24) is 19.4 Å². The minimum Gasteiger partial charge on any atom is -0.850 e. The van der Waals surface area contributed by atoms with Crippen molar-refractivity contribution in [3.8, 4) is 0 Å². The first-order valence-corrected chi connectivity index (χ1v) is 18.2. The van der Waals surface area contributed by atoms with E-state index < -0.39 is 11.4 Å². The van der Waals surface area contributed by atoms with Gasteiger partial charge in [0, 0.05) is 86.1 Å². The van der Waals surface area contributed by atoms with Crippen LogP contribution in [-0.2, 0) is 17.8 Å². The molecule has 1 N–H and O–H groups in total. The van der Waals surface area contributed by atoms with Crippen LogP contribution in [0, 0.1) is 19.7 Å². The summed E-state index contributed by atoms with van der Waals surface area (Å²) in [5.41, 5.74) is 5.30. The number of aliphatic hydroxyl groups is 1. The van der Waals surface area contributed by atoms with Gasteiger partial charge in [0.2, 0.25) is 0 Å². The van der Waals surface area contributed by atoms with Gasteiger partial charge in [-0.25, -0.2) is 4.39 Å². The van der Waals surface area contributed by atoms with Crippen molar-refractivity contribution in [2.24, 2.45) is 0 Å². The van der Waals surface area contributed by atoms with E-state index in [0.29, 0.717) is 55.5 Å². The van der Waals surface area contributed by atoms with E-state index in [4.69, 9.17) is 4.74 Å². The molecule has 1 aliphatic carbocycles. The number of aryl methyl sites for hydroxylation is 2. The van der Waals surface area contributed by atoms with Crippen molar-refractivity contribution in [1.29, 1.82) is 0 Å². The molecule has 3 fully saturated rings. The van der Waals surface area contributed by atoms with Crippen LogP contribution in [0.1, 0.15) is 75.0 Å². The first kappa shape index (κ1) is 40.3. The van der Waals surface area contributed by atoms with Crippen LogP contribution in [0.4, 0.5) is 15.8 Å². The zero-order chi connectivity index (χ0) is 36.3. The average Bonchev–Trinajstić information content (AvgIpc) is 3.94. The smallest absolute Gasteiger partial charge is 0.850 e. The van der Waals surface area contributed by atoms with Crippen molar-refractivity contribution in [2.45, 2.75) is 97.2 Å². The second kappa shape index (κ2) is 17.5. The predicted octanol–water partition coefficient (Wildman–Crippen LogP) is 1.90. The molecule has 12 heteroatoms. The molecule has 1 unspecified atom stereocenters. The number of ether oxygens (including phenoxy) is 1. The van der Waals surface area contributed by atoms with Crippen LogP contribution in [0.3, 0.4) is 0 Å². The molecule has 0 bridgehead atoms. The Labute approximate surface area is 328 Å². The molecule has 3 aromatic heterocycles. The van der Waals surface area contributed by atoms with Gasteiger partial charge in [-0.3, -0.25) is 19.7 Å². The van der Waals surface area contributed by atoms with Gasteiger partial charge < -0.3 is 29.3 Å². The quantitative estimate of drug-likeness (QED) is 0.259. The molecule has 0 amide bonds. The first-order valence-electron chi connectivity index (χ1n) is 18.2. The molecule has 2 saturated heterocycles. The number of anilines is 2. The van der Waals surface area contributed by atoms with Crippen molar-refractivity contribution in [3.63, 3.8) is 0 Å². The number of morpholine rings is 1. The molecular weight excluding hydrogens is 670 g/mol. The van der Waals surface area contributed by atoms with Gasteiger partial charge >= 0.3 is 29.6 Å². The standard InChI is InChI=1S/C36H43FN6O3.C4H9O.Na/c1-24-5-6-29(17-39-24)40-11-3-4-30(21-40)42(18-26-9-10-38-25(2)14-26)19-27-20-43(28-7-8-28)34-16-35(33(37)15-32(34)36(27)45)41-12-13-46-31(22-41)23-44;1-4(2,3)5;/h5-6,9-10,14-17,20,28,30-31,44H,3-4,7-8,11-13,18-19,21-23H2,1-2H3;1-3H3;/q;-1;+1/t30-,31?;;/m0../s1. The van der Waals surface area contributed by atoms with Crippen LogP contribution >= 0.6 is 0 Å². The molecule has 7 rings (SSSR count). The molecule has 52 heavy (non-hydrogen) atoms. The molecule has 0 spiro atoms. The van der Waals surface area contributed by atoms with Gasteiger partial charge in [-0.05, 0) is 81.5 Å². The second-order valence-corrected chi connectivity index (χ2v) is 15.3. The van der Waals surface area contributed by atoms with Crippen LogP contribution in [0.15, 0.2) is 59.8 Å². The van der Waals surface area contributed by atoms with Crippen LogP contribution in [0.5, 0.6) is 0 Å². The van der Waals surface area contributed by atoms with E-state index in [1.165, 1.54) is 6.07 Å². The molecule has 2 aliphatic heterocycles. The summed E-state index contributed by atoms with van der Waals surface area (Å²) in [4.78, 5) is 29.9. The monoisotopic (exact) mass is 722 g/mol. The van der Waals surface area contributed by atoms with E-state index in [2.05, 4.69) is 48.6 Å². The van der Waals surface area contributed by atoms with E-state index in [-0.39, 0.29) is 53.7 Å². The van der Waals surface area contributed by atoms with Gasteiger partial charge in [-0.2, -0.15) is 0 Å². The summed E-state index contributed by atoms with van der Waals surface area (Å²) in [5.74, 6) is -0.415. The number of benzene rings is 1. The Kier molecular flexibility index (Phi) is 13.6. The molecule has 1 aromatic carbocycles. The topological polar surface area (TPSA) is 110 Å². The number of rotatable bonds is 9.